The van der Waals surface area contributed by atoms with Crippen molar-refractivity contribution in [1.29, 1.82) is 0 Å². The second kappa shape index (κ2) is 6.41. The molecular weight excluding hydrogens is 312 g/mol. The van der Waals surface area contributed by atoms with Crippen molar-refractivity contribution in [3.63, 3.8) is 0 Å². The lowest BCUT2D eigenvalue weighted by atomic mass is 10.2. The van der Waals surface area contributed by atoms with Crippen LogP contribution in [-0.2, 0) is 13.1 Å². The van der Waals surface area contributed by atoms with E-state index in [1.807, 2.05) is 13.8 Å². The molecule has 23 heavy (non-hydrogen) atoms. The third-order valence-electron chi connectivity index (χ3n) is 4.19. The van der Waals surface area contributed by atoms with Crippen molar-refractivity contribution in [2.24, 2.45) is 0 Å². The highest BCUT2D eigenvalue weighted by Crippen LogP contribution is 2.43. The summed E-state index contributed by atoms with van der Waals surface area (Å²) in [7, 11) is 0. The number of aromatic amines is 1. The number of H-pyrrole nitrogens is 1. The monoisotopic (exact) mass is 334 g/mol. The fourth-order valence-electron chi connectivity index (χ4n) is 2.61. The number of nitrogens with one attached hydrogen (secondary N) is 2. The number of rotatable bonds is 6. The van der Waals surface area contributed by atoms with Gasteiger partial charge in [-0.05, 0) is 33.6 Å². The average molecular weight is 334 g/mol. The number of hydrogen-bond donors (Lipinski definition) is 2. The molecule has 0 saturated heterocycles. The third kappa shape index (κ3) is 3.45. The molecule has 124 valence electrons. The maximum absolute atomic E-state index is 11.9. The largest absolute Gasteiger partial charge is 0.328 e. The Bertz CT molecular complexity index is 816. The van der Waals surface area contributed by atoms with E-state index in [4.69, 9.17) is 0 Å². The summed E-state index contributed by atoms with van der Waals surface area (Å²) < 4.78 is 1.51. The Hall–Kier alpha value is -1.73. The van der Waals surface area contributed by atoms with E-state index in [-0.39, 0.29) is 17.3 Å². The van der Waals surface area contributed by atoms with Gasteiger partial charge in [0, 0.05) is 41.7 Å². The molecule has 2 aromatic rings. The van der Waals surface area contributed by atoms with Crippen LogP contribution in [0.2, 0.25) is 0 Å². The number of hydrogen-bond acceptors (Lipinski definition) is 5. The molecule has 1 atom stereocenters. The molecule has 0 amide bonds. The molecule has 0 aromatic carbocycles. The van der Waals surface area contributed by atoms with Crippen LogP contribution in [0.1, 0.15) is 59.8 Å². The molecule has 1 fully saturated rings. The fourth-order valence-corrected chi connectivity index (χ4v) is 3.87. The number of aromatic nitrogens is 3. The zero-order valence-electron chi connectivity index (χ0n) is 13.7. The standard InChI is InChI=1S/C16H22N4O2S/c1-4-20-8-12(14(21)19-16(20)22)7-17-9(2)13-10(3)18-15(23-13)11-5-6-11/h8-9,11,17H,4-7H2,1-3H3,(H,19,21,22). The van der Waals surface area contributed by atoms with Crippen LogP contribution in [0.5, 0.6) is 0 Å². The lowest BCUT2D eigenvalue weighted by molar-refractivity contribution is 0.567. The van der Waals surface area contributed by atoms with Crippen LogP contribution < -0.4 is 16.6 Å². The van der Waals surface area contributed by atoms with Crippen molar-refractivity contribution >= 4 is 11.3 Å². The van der Waals surface area contributed by atoms with Crippen LogP contribution in [0.3, 0.4) is 0 Å². The Balaban J connectivity index is 1.73. The Morgan fingerprint density at radius 3 is 2.87 bits per heavy atom. The zero-order chi connectivity index (χ0) is 16.6. The Morgan fingerprint density at radius 1 is 1.48 bits per heavy atom. The van der Waals surface area contributed by atoms with Crippen LogP contribution in [0.25, 0.3) is 0 Å². The molecule has 1 saturated carbocycles. The molecule has 6 nitrogen and oxygen atoms in total. The van der Waals surface area contributed by atoms with Gasteiger partial charge >= 0.3 is 5.69 Å². The summed E-state index contributed by atoms with van der Waals surface area (Å²) >= 11 is 1.77. The molecule has 2 aromatic heterocycles. The SMILES string of the molecule is CCn1cc(CNC(C)c2sc(C3CC3)nc2C)c(=O)[nH]c1=O. The van der Waals surface area contributed by atoms with Crippen molar-refractivity contribution in [3.8, 4) is 0 Å². The minimum atomic E-state index is -0.360. The van der Waals surface area contributed by atoms with Gasteiger partial charge in [-0.25, -0.2) is 9.78 Å². The van der Waals surface area contributed by atoms with Gasteiger partial charge in [-0.15, -0.1) is 11.3 Å². The molecule has 7 heteroatoms. The van der Waals surface area contributed by atoms with Crippen molar-refractivity contribution < 1.29 is 0 Å². The van der Waals surface area contributed by atoms with E-state index >= 15 is 0 Å². The highest BCUT2D eigenvalue weighted by Gasteiger charge is 2.28. The Morgan fingerprint density at radius 2 is 2.22 bits per heavy atom. The van der Waals surface area contributed by atoms with Gasteiger partial charge in [0.25, 0.3) is 5.56 Å². The van der Waals surface area contributed by atoms with Gasteiger partial charge < -0.3 is 9.88 Å². The van der Waals surface area contributed by atoms with Crippen LogP contribution in [0.4, 0.5) is 0 Å². The first-order valence-electron chi connectivity index (χ1n) is 8.02. The van der Waals surface area contributed by atoms with E-state index < -0.39 is 0 Å². The molecule has 0 aliphatic heterocycles. The molecule has 0 radical (unpaired) electrons. The van der Waals surface area contributed by atoms with Crippen LogP contribution in [0, 0.1) is 6.92 Å². The van der Waals surface area contributed by atoms with E-state index in [0.29, 0.717) is 24.6 Å². The minimum Gasteiger partial charge on any atom is -0.305 e. The highest BCUT2D eigenvalue weighted by atomic mass is 32.1. The number of nitrogens with zero attached hydrogens (tertiary/aromatic N) is 2. The first-order valence-corrected chi connectivity index (χ1v) is 8.84. The minimum absolute atomic E-state index is 0.126. The Kier molecular flexibility index (Phi) is 4.50. The van der Waals surface area contributed by atoms with Crippen molar-refractivity contribution in [1.82, 2.24) is 19.9 Å². The van der Waals surface area contributed by atoms with Gasteiger partial charge in [-0.3, -0.25) is 9.78 Å². The van der Waals surface area contributed by atoms with Gasteiger partial charge in [-0.1, -0.05) is 0 Å². The van der Waals surface area contributed by atoms with Crippen LogP contribution in [-0.4, -0.2) is 14.5 Å². The van der Waals surface area contributed by atoms with Crippen molar-refractivity contribution in [2.45, 2.75) is 58.7 Å². The van der Waals surface area contributed by atoms with Crippen molar-refractivity contribution in [3.05, 3.63) is 48.2 Å². The summed E-state index contributed by atoms with van der Waals surface area (Å²) in [5.74, 6) is 0.663. The summed E-state index contributed by atoms with van der Waals surface area (Å²) in [6, 6.07) is 0.126. The topological polar surface area (TPSA) is 79.8 Å². The fraction of sp³-hybridized carbons (Fsp3) is 0.562. The summed E-state index contributed by atoms with van der Waals surface area (Å²) in [6.45, 7) is 6.96. The lowest BCUT2D eigenvalue weighted by Gasteiger charge is -2.13. The maximum atomic E-state index is 11.9. The van der Waals surface area contributed by atoms with Gasteiger partial charge in [0.05, 0.1) is 10.7 Å². The lowest BCUT2D eigenvalue weighted by Crippen LogP contribution is -2.33. The van der Waals surface area contributed by atoms with Crippen molar-refractivity contribution in [2.75, 3.05) is 0 Å². The molecule has 2 heterocycles. The quantitative estimate of drug-likeness (QED) is 0.847. The second-order valence-corrected chi connectivity index (χ2v) is 7.14. The highest BCUT2D eigenvalue weighted by molar-refractivity contribution is 7.12. The third-order valence-corrected chi connectivity index (χ3v) is 5.70. The maximum Gasteiger partial charge on any atom is 0.328 e. The molecule has 1 aliphatic carbocycles. The van der Waals surface area contributed by atoms with Crippen LogP contribution in [0.15, 0.2) is 15.8 Å². The number of aryl methyl sites for hydroxylation is 2. The van der Waals surface area contributed by atoms with E-state index in [1.54, 1.807) is 17.5 Å². The first-order chi connectivity index (χ1) is 11.0. The zero-order valence-corrected chi connectivity index (χ0v) is 14.5. The summed E-state index contributed by atoms with van der Waals surface area (Å²) in [4.78, 5) is 31.7. The molecule has 1 aliphatic rings. The van der Waals surface area contributed by atoms with Gasteiger partial charge in [0.1, 0.15) is 0 Å². The summed E-state index contributed by atoms with van der Waals surface area (Å²) in [5.41, 5.74) is 0.966. The second-order valence-electron chi connectivity index (χ2n) is 6.08. The van der Waals surface area contributed by atoms with E-state index in [1.165, 1.54) is 27.3 Å². The van der Waals surface area contributed by atoms with Crippen LogP contribution >= 0.6 is 11.3 Å². The molecule has 3 rings (SSSR count). The predicted octanol–water partition coefficient (Wildman–Crippen LogP) is 2.05. The van der Waals surface area contributed by atoms with Gasteiger partial charge in [0.2, 0.25) is 0 Å². The summed E-state index contributed by atoms with van der Waals surface area (Å²) in [6.07, 6.45) is 4.14. The molecular formula is C16H22N4O2S. The Labute approximate surface area is 138 Å². The summed E-state index contributed by atoms with van der Waals surface area (Å²) in [5, 5.41) is 4.61. The number of thiazole rings is 1. The van der Waals surface area contributed by atoms with E-state index in [9.17, 15) is 9.59 Å². The van der Waals surface area contributed by atoms with Gasteiger partial charge in [0.15, 0.2) is 0 Å². The predicted molar refractivity (Wildman–Crippen MR) is 91.1 cm³/mol. The molecule has 0 spiro atoms. The van der Waals surface area contributed by atoms with E-state index in [2.05, 4.69) is 22.2 Å². The molecule has 2 N–H and O–H groups in total. The van der Waals surface area contributed by atoms with Gasteiger partial charge in [-0.2, -0.15) is 0 Å². The smallest absolute Gasteiger partial charge is 0.305 e. The normalized spacial score (nSPS) is 15.8. The average Bonchev–Trinajstić information content (AvgIpc) is 3.29. The first kappa shape index (κ1) is 16.1. The molecule has 0 bridgehead atoms. The van der Waals surface area contributed by atoms with E-state index in [0.717, 1.165) is 5.69 Å². The molecule has 1 unspecified atom stereocenters.